The lowest BCUT2D eigenvalue weighted by Gasteiger charge is -1.99. The first-order valence-electron chi connectivity index (χ1n) is 5.01. The summed E-state index contributed by atoms with van der Waals surface area (Å²) >= 11 is 1.30. The third kappa shape index (κ3) is 2.38. The number of carbonyl (C=O) groups excluding carboxylic acids is 1. The fraction of sp³-hybridized carbons (Fsp3) is 0.556. The first-order chi connectivity index (χ1) is 7.20. The van der Waals surface area contributed by atoms with Crippen molar-refractivity contribution in [2.75, 3.05) is 17.6 Å². The van der Waals surface area contributed by atoms with Gasteiger partial charge in [-0.15, -0.1) is 0 Å². The van der Waals surface area contributed by atoms with Crippen LogP contribution in [0.2, 0.25) is 0 Å². The quantitative estimate of drug-likeness (QED) is 0.717. The van der Waals surface area contributed by atoms with Crippen LogP contribution in [0.5, 0.6) is 0 Å². The largest absolute Gasteiger partial charge is 0.382 e. The number of thiazole rings is 1. The van der Waals surface area contributed by atoms with E-state index in [0.29, 0.717) is 21.9 Å². The van der Waals surface area contributed by atoms with Crippen LogP contribution in [0.1, 0.15) is 29.4 Å². The van der Waals surface area contributed by atoms with Gasteiger partial charge in [-0.05, 0) is 19.8 Å². The Labute approximate surface area is 92.1 Å². The molecule has 0 atom stereocenters. The Kier molecular flexibility index (Phi) is 2.77. The first-order valence-corrected chi connectivity index (χ1v) is 5.83. The molecule has 4 N–H and O–H groups in total. The molecule has 1 amide bonds. The predicted molar refractivity (Wildman–Crippen MR) is 61.2 cm³/mol. The zero-order valence-electron chi connectivity index (χ0n) is 8.54. The Bertz CT molecular complexity index is 372. The van der Waals surface area contributed by atoms with Gasteiger partial charge in [0, 0.05) is 12.6 Å². The van der Waals surface area contributed by atoms with E-state index in [1.165, 1.54) is 11.3 Å². The Morgan fingerprint density at radius 2 is 2.40 bits per heavy atom. The number of anilines is 2. The summed E-state index contributed by atoms with van der Waals surface area (Å²) in [6, 6.07) is 0.349. The zero-order chi connectivity index (χ0) is 10.8. The highest BCUT2D eigenvalue weighted by atomic mass is 32.1. The Balaban J connectivity index is 2.08. The SMILES string of the molecule is CCNc1nc(N)c(C(=O)NC2CC2)s1. The number of hydrogen-bond acceptors (Lipinski definition) is 5. The summed E-state index contributed by atoms with van der Waals surface area (Å²) in [5.74, 6) is 0.214. The summed E-state index contributed by atoms with van der Waals surface area (Å²) < 4.78 is 0. The summed E-state index contributed by atoms with van der Waals surface area (Å²) in [4.78, 5) is 16.3. The van der Waals surface area contributed by atoms with E-state index < -0.39 is 0 Å². The smallest absolute Gasteiger partial charge is 0.265 e. The van der Waals surface area contributed by atoms with Crippen LogP contribution < -0.4 is 16.4 Å². The van der Waals surface area contributed by atoms with E-state index in [1.54, 1.807) is 0 Å². The van der Waals surface area contributed by atoms with Crippen molar-refractivity contribution in [1.82, 2.24) is 10.3 Å². The van der Waals surface area contributed by atoms with Crippen LogP contribution in [0, 0.1) is 0 Å². The lowest BCUT2D eigenvalue weighted by Crippen LogP contribution is -2.25. The minimum absolute atomic E-state index is 0.100. The maximum absolute atomic E-state index is 11.7. The average molecular weight is 226 g/mol. The fourth-order valence-electron chi connectivity index (χ4n) is 1.20. The maximum Gasteiger partial charge on any atom is 0.265 e. The fourth-order valence-corrected chi connectivity index (χ4v) is 2.06. The zero-order valence-corrected chi connectivity index (χ0v) is 9.36. The second-order valence-corrected chi connectivity index (χ2v) is 4.51. The molecule has 0 unspecified atom stereocenters. The Morgan fingerprint density at radius 3 is 3.00 bits per heavy atom. The molecule has 1 aromatic rings. The summed E-state index contributed by atoms with van der Waals surface area (Å²) in [5.41, 5.74) is 5.67. The van der Waals surface area contributed by atoms with Gasteiger partial charge in [-0.3, -0.25) is 4.79 Å². The highest BCUT2D eigenvalue weighted by molar-refractivity contribution is 7.18. The van der Waals surface area contributed by atoms with Crippen molar-refractivity contribution in [3.05, 3.63) is 4.88 Å². The third-order valence-corrected chi connectivity index (χ3v) is 3.13. The molecule has 2 rings (SSSR count). The minimum Gasteiger partial charge on any atom is -0.382 e. The minimum atomic E-state index is -0.100. The van der Waals surface area contributed by atoms with Gasteiger partial charge in [0.1, 0.15) is 10.7 Å². The van der Waals surface area contributed by atoms with E-state index in [-0.39, 0.29) is 5.91 Å². The topological polar surface area (TPSA) is 80.0 Å². The number of nitrogen functional groups attached to an aromatic ring is 1. The molecule has 82 valence electrons. The van der Waals surface area contributed by atoms with E-state index in [1.807, 2.05) is 6.92 Å². The molecule has 0 aliphatic heterocycles. The average Bonchev–Trinajstić information content (AvgIpc) is 2.90. The lowest BCUT2D eigenvalue weighted by molar-refractivity contribution is 0.0956. The summed E-state index contributed by atoms with van der Waals surface area (Å²) in [5, 5.41) is 6.63. The number of nitrogens with one attached hydrogen (secondary N) is 2. The summed E-state index contributed by atoms with van der Waals surface area (Å²) in [6.45, 7) is 2.75. The molecule has 0 aromatic carbocycles. The second-order valence-electron chi connectivity index (χ2n) is 3.51. The molecule has 1 aliphatic carbocycles. The number of hydrogen-bond donors (Lipinski definition) is 3. The lowest BCUT2D eigenvalue weighted by atomic mass is 10.4. The van der Waals surface area contributed by atoms with Crippen LogP contribution >= 0.6 is 11.3 Å². The molecule has 0 bridgehead atoms. The molecule has 0 radical (unpaired) electrons. The van der Waals surface area contributed by atoms with Crippen LogP contribution in [-0.2, 0) is 0 Å². The molecule has 1 heterocycles. The van der Waals surface area contributed by atoms with E-state index in [0.717, 1.165) is 19.4 Å². The number of nitrogens with zero attached hydrogens (tertiary/aromatic N) is 1. The molecule has 15 heavy (non-hydrogen) atoms. The molecule has 0 saturated heterocycles. The van der Waals surface area contributed by atoms with Crippen molar-refractivity contribution >= 4 is 28.2 Å². The van der Waals surface area contributed by atoms with Crippen molar-refractivity contribution < 1.29 is 4.79 Å². The predicted octanol–water partition coefficient (Wildman–Crippen LogP) is 1.05. The Hall–Kier alpha value is -1.30. The molecule has 5 nitrogen and oxygen atoms in total. The van der Waals surface area contributed by atoms with Gasteiger partial charge < -0.3 is 16.4 Å². The van der Waals surface area contributed by atoms with Crippen LogP contribution in [0.15, 0.2) is 0 Å². The van der Waals surface area contributed by atoms with Crippen molar-refractivity contribution in [2.24, 2.45) is 0 Å². The first kappa shape index (κ1) is 10.2. The molecule has 1 aromatic heterocycles. The number of carbonyl (C=O) groups is 1. The van der Waals surface area contributed by atoms with Crippen molar-refractivity contribution in [3.8, 4) is 0 Å². The van der Waals surface area contributed by atoms with Crippen molar-refractivity contribution in [2.45, 2.75) is 25.8 Å². The highest BCUT2D eigenvalue weighted by Crippen LogP contribution is 2.26. The second kappa shape index (κ2) is 4.06. The third-order valence-electron chi connectivity index (χ3n) is 2.10. The Morgan fingerprint density at radius 1 is 1.67 bits per heavy atom. The number of rotatable bonds is 4. The van der Waals surface area contributed by atoms with Crippen molar-refractivity contribution in [3.63, 3.8) is 0 Å². The van der Waals surface area contributed by atoms with E-state index in [4.69, 9.17) is 5.73 Å². The standard InChI is InChI=1S/C9H14N4OS/c1-2-11-9-13-7(10)6(15-9)8(14)12-5-3-4-5/h5H,2-4,10H2,1H3,(H,11,13)(H,12,14). The van der Waals surface area contributed by atoms with Gasteiger partial charge >= 0.3 is 0 Å². The van der Waals surface area contributed by atoms with Gasteiger partial charge in [0.15, 0.2) is 5.13 Å². The molecule has 0 spiro atoms. The van der Waals surface area contributed by atoms with Gasteiger partial charge in [0.2, 0.25) is 0 Å². The maximum atomic E-state index is 11.7. The van der Waals surface area contributed by atoms with Crippen LogP contribution in [0.4, 0.5) is 10.9 Å². The molecule has 1 saturated carbocycles. The van der Waals surface area contributed by atoms with Crippen molar-refractivity contribution in [1.29, 1.82) is 0 Å². The molecular weight excluding hydrogens is 212 g/mol. The van der Waals surface area contributed by atoms with E-state index in [9.17, 15) is 4.79 Å². The van der Waals surface area contributed by atoms with Gasteiger partial charge in [-0.1, -0.05) is 11.3 Å². The van der Waals surface area contributed by atoms with Crippen LogP contribution in [0.3, 0.4) is 0 Å². The van der Waals surface area contributed by atoms with Gasteiger partial charge in [0.05, 0.1) is 0 Å². The molecule has 6 heteroatoms. The molecule has 1 aliphatic rings. The molecule has 1 fully saturated rings. The normalized spacial score (nSPS) is 15.0. The number of amides is 1. The summed E-state index contributed by atoms with van der Waals surface area (Å²) in [6.07, 6.45) is 2.15. The number of nitrogens with two attached hydrogens (primary N) is 1. The number of aromatic nitrogens is 1. The van der Waals surface area contributed by atoms with Gasteiger partial charge in [0.25, 0.3) is 5.91 Å². The molecular formula is C9H14N4OS. The van der Waals surface area contributed by atoms with Crippen LogP contribution in [-0.4, -0.2) is 23.5 Å². The van der Waals surface area contributed by atoms with Gasteiger partial charge in [-0.25, -0.2) is 4.98 Å². The summed E-state index contributed by atoms with van der Waals surface area (Å²) in [7, 11) is 0. The highest BCUT2D eigenvalue weighted by Gasteiger charge is 2.26. The van der Waals surface area contributed by atoms with E-state index in [2.05, 4.69) is 15.6 Å². The van der Waals surface area contributed by atoms with E-state index >= 15 is 0 Å². The van der Waals surface area contributed by atoms with Gasteiger partial charge in [-0.2, -0.15) is 0 Å². The van der Waals surface area contributed by atoms with Crippen LogP contribution in [0.25, 0.3) is 0 Å². The monoisotopic (exact) mass is 226 g/mol.